The predicted octanol–water partition coefficient (Wildman–Crippen LogP) is 3.74. The van der Waals surface area contributed by atoms with Crippen LogP contribution < -0.4 is 19.9 Å². The van der Waals surface area contributed by atoms with Crippen LogP contribution in [-0.4, -0.2) is 45.1 Å². The summed E-state index contributed by atoms with van der Waals surface area (Å²) in [5, 5.41) is 7.74. The standard InChI is InChI=1S/C23H23N3O6S3/c1-14-22(18(27)10-4-15-5-11-19(31-2)20(12-15)32-3)34-23(25-14)33-13-21(28)26-16-6-8-17(9-7-16)35(24,29)30/h4-12H,13H2,1-3H3,(H,26,28)(H2,24,29,30)/b10-4+. The van der Waals surface area contributed by atoms with Gasteiger partial charge >= 0.3 is 0 Å². The molecule has 1 amide bonds. The van der Waals surface area contributed by atoms with Gasteiger partial charge in [0, 0.05) is 5.69 Å². The molecule has 1 heterocycles. The molecule has 0 aliphatic carbocycles. The van der Waals surface area contributed by atoms with Crippen molar-refractivity contribution in [2.75, 3.05) is 25.3 Å². The van der Waals surface area contributed by atoms with Crippen LogP contribution in [0.3, 0.4) is 0 Å². The Bertz CT molecular complexity index is 1370. The van der Waals surface area contributed by atoms with Gasteiger partial charge in [0.2, 0.25) is 15.9 Å². The summed E-state index contributed by atoms with van der Waals surface area (Å²) in [5.41, 5.74) is 1.80. The molecule has 0 saturated carbocycles. The van der Waals surface area contributed by atoms with Crippen molar-refractivity contribution in [3.63, 3.8) is 0 Å². The number of nitrogens with one attached hydrogen (secondary N) is 1. The number of thioether (sulfide) groups is 1. The lowest BCUT2D eigenvalue weighted by Gasteiger charge is -2.07. The van der Waals surface area contributed by atoms with Crippen molar-refractivity contribution in [1.29, 1.82) is 0 Å². The van der Waals surface area contributed by atoms with Crippen LogP contribution >= 0.6 is 23.1 Å². The normalized spacial score (nSPS) is 11.4. The number of nitrogens with zero attached hydrogens (tertiary/aromatic N) is 1. The third-order valence-corrected chi connectivity index (χ3v) is 7.87. The van der Waals surface area contributed by atoms with E-state index in [1.807, 2.05) is 6.07 Å². The quantitative estimate of drug-likeness (QED) is 0.228. The number of carbonyl (C=O) groups excluding carboxylic acids is 2. The highest BCUT2D eigenvalue weighted by molar-refractivity contribution is 8.01. The number of anilines is 1. The minimum atomic E-state index is -3.80. The molecule has 0 bridgehead atoms. The number of aryl methyl sites for hydroxylation is 1. The van der Waals surface area contributed by atoms with Gasteiger partial charge in [-0.3, -0.25) is 9.59 Å². The van der Waals surface area contributed by atoms with E-state index in [9.17, 15) is 18.0 Å². The van der Waals surface area contributed by atoms with E-state index in [2.05, 4.69) is 10.3 Å². The SMILES string of the molecule is COc1ccc(/C=C/C(=O)c2sc(SCC(=O)Nc3ccc(S(N)(=O)=O)cc3)nc2C)cc1OC. The number of sulfonamides is 1. The van der Waals surface area contributed by atoms with Gasteiger partial charge in [-0.2, -0.15) is 0 Å². The Morgan fingerprint density at radius 3 is 2.43 bits per heavy atom. The Kier molecular flexibility index (Phi) is 8.67. The fourth-order valence-corrected chi connectivity index (χ4v) is 5.34. The summed E-state index contributed by atoms with van der Waals surface area (Å²) in [6.45, 7) is 1.74. The Hall–Kier alpha value is -3.19. The number of thiazole rings is 1. The van der Waals surface area contributed by atoms with E-state index in [-0.39, 0.29) is 22.3 Å². The Labute approximate surface area is 211 Å². The highest BCUT2D eigenvalue weighted by Crippen LogP contribution is 2.30. The van der Waals surface area contributed by atoms with Gasteiger partial charge in [0.1, 0.15) is 0 Å². The molecule has 0 spiro atoms. The second-order valence-electron chi connectivity index (χ2n) is 7.11. The molecular weight excluding hydrogens is 510 g/mol. The molecule has 0 aliphatic heterocycles. The van der Waals surface area contributed by atoms with Crippen molar-refractivity contribution >= 4 is 56.6 Å². The fraction of sp³-hybridized carbons (Fsp3) is 0.174. The number of ketones is 1. The molecule has 184 valence electrons. The number of hydrogen-bond donors (Lipinski definition) is 2. The van der Waals surface area contributed by atoms with E-state index < -0.39 is 10.0 Å². The maximum absolute atomic E-state index is 12.7. The van der Waals surface area contributed by atoms with E-state index in [0.29, 0.717) is 32.1 Å². The van der Waals surface area contributed by atoms with Gasteiger partial charge in [-0.1, -0.05) is 23.9 Å². The minimum absolute atomic E-state index is 0.0412. The third kappa shape index (κ3) is 7.15. The number of hydrogen-bond acceptors (Lipinski definition) is 9. The molecule has 0 saturated heterocycles. The molecule has 12 heteroatoms. The first-order valence-electron chi connectivity index (χ1n) is 10.1. The first-order chi connectivity index (χ1) is 16.6. The van der Waals surface area contributed by atoms with Crippen LogP contribution in [0, 0.1) is 6.92 Å². The van der Waals surface area contributed by atoms with Crippen molar-refractivity contribution in [2.45, 2.75) is 16.2 Å². The molecule has 3 rings (SSSR count). The van der Waals surface area contributed by atoms with Crippen LogP contribution in [0.5, 0.6) is 11.5 Å². The number of nitrogens with two attached hydrogens (primary N) is 1. The van der Waals surface area contributed by atoms with Crippen LogP contribution in [0.15, 0.2) is 57.8 Å². The summed E-state index contributed by atoms with van der Waals surface area (Å²) in [5.74, 6) is 0.737. The van der Waals surface area contributed by atoms with Crippen molar-refractivity contribution in [2.24, 2.45) is 5.14 Å². The van der Waals surface area contributed by atoms with Crippen LogP contribution in [-0.2, 0) is 14.8 Å². The lowest BCUT2D eigenvalue weighted by molar-refractivity contribution is -0.113. The van der Waals surface area contributed by atoms with Crippen molar-refractivity contribution in [3.05, 3.63) is 64.7 Å². The molecule has 0 aliphatic rings. The summed E-state index contributed by atoms with van der Waals surface area (Å²) in [6.07, 6.45) is 3.15. The average Bonchev–Trinajstić information content (AvgIpc) is 3.21. The third-order valence-electron chi connectivity index (χ3n) is 4.63. The molecule has 3 aromatic rings. The van der Waals surface area contributed by atoms with Gasteiger partial charge < -0.3 is 14.8 Å². The number of methoxy groups -OCH3 is 2. The molecule has 9 nitrogen and oxygen atoms in total. The smallest absolute Gasteiger partial charge is 0.238 e. The summed E-state index contributed by atoms with van der Waals surface area (Å²) in [7, 11) is -0.701. The molecule has 2 aromatic carbocycles. The fourth-order valence-electron chi connectivity index (χ4n) is 2.92. The van der Waals surface area contributed by atoms with Gasteiger partial charge in [0.15, 0.2) is 21.6 Å². The number of benzene rings is 2. The van der Waals surface area contributed by atoms with Gasteiger partial charge in [0.25, 0.3) is 0 Å². The van der Waals surface area contributed by atoms with Crippen molar-refractivity contribution in [1.82, 2.24) is 4.98 Å². The van der Waals surface area contributed by atoms with Gasteiger partial charge in [-0.05, 0) is 55.0 Å². The topological polar surface area (TPSA) is 138 Å². The minimum Gasteiger partial charge on any atom is -0.493 e. The number of rotatable bonds is 10. The van der Waals surface area contributed by atoms with Gasteiger partial charge in [-0.15, -0.1) is 11.3 Å². The molecule has 0 radical (unpaired) electrons. The summed E-state index contributed by atoms with van der Waals surface area (Å²) >= 11 is 2.42. The number of ether oxygens (including phenoxy) is 2. The van der Waals surface area contributed by atoms with E-state index in [0.717, 1.165) is 5.56 Å². The number of aromatic nitrogens is 1. The Balaban J connectivity index is 1.59. The largest absolute Gasteiger partial charge is 0.493 e. The number of primary sulfonamides is 1. The van der Waals surface area contributed by atoms with E-state index in [1.165, 1.54) is 53.4 Å². The van der Waals surface area contributed by atoms with Gasteiger partial charge in [0.05, 0.1) is 35.4 Å². The second-order valence-corrected chi connectivity index (χ2v) is 10.9. The summed E-state index contributed by atoms with van der Waals surface area (Å²) < 4.78 is 33.7. The van der Waals surface area contributed by atoms with Crippen LogP contribution in [0.25, 0.3) is 6.08 Å². The molecular formula is C23H23N3O6S3. The zero-order valence-electron chi connectivity index (χ0n) is 19.1. The maximum Gasteiger partial charge on any atom is 0.238 e. The lowest BCUT2D eigenvalue weighted by atomic mass is 10.1. The van der Waals surface area contributed by atoms with Crippen LogP contribution in [0.1, 0.15) is 20.9 Å². The number of carbonyl (C=O) groups is 2. The zero-order valence-corrected chi connectivity index (χ0v) is 21.6. The lowest BCUT2D eigenvalue weighted by Crippen LogP contribution is -2.15. The van der Waals surface area contributed by atoms with Crippen molar-refractivity contribution < 1.29 is 27.5 Å². The molecule has 3 N–H and O–H groups in total. The highest BCUT2D eigenvalue weighted by atomic mass is 32.2. The van der Waals surface area contributed by atoms with E-state index in [4.69, 9.17) is 14.6 Å². The number of amides is 1. The van der Waals surface area contributed by atoms with Crippen molar-refractivity contribution in [3.8, 4) is 11.5 Å². The van der Waals surface area contributed by atoms with Gasteiger partial charge in [-0.25, -0.2) is 18.5 Å². The monoisotopic (exact) mass is 533 g/mol. The van der Waals surface area contributed by atoms with Crippen LogP contribution in [0.4, 0.5) is 5.69 Å². The maximum atomic E-state index is 12.7. The predicted molar refractivity (Wildman–Crippen MR) is 137 cm³/mol. The number of allylic oxidation sites excluding steroid dienone is 1. The molecule has 35 heavy (non-hydrogen) atoms. The first kappa shape index (κ1) is 26.4. The average molecular weight is 534 g/mol. The van der Waals surface area contributed by atoms with E-state index in [1.54, 1.807) is 39.4 Å². The molecule has 0 atom stereocenters. The summed E-state index contributed by atoms with van der Waals surface area (Å²) in [4.78, 5) is 29.8. The van der Waals surface area contributed by atoms with Crippen LogP contribution in [0.2, 0.25) is 0 Å². The second kappa shape index (κ2) is 11.5. The Morgan fingerprint density at radius 1 is 1.11 bits per heavy atom. The Morgan fingerprint density at radius 2 is 1.80 bits per heavy atom. The highest BCUT2D eigenvalue weighted by Gasteiger charge is 2.15. The summed E-state index contributed by atoms with van der Waals surface area (Å²) in [6, 6.07) is 10.9. The van der Waals surface area contributed by atoms with E-state index >= 15 is 0 Å². The zero-order chi connectivity index (χ0) is 25.6. The molecule has 1 aromatic heterocycles. The molecule has 0 unspecified atom stereocenters. The first-order valence-corrected chi connectivity index (χ1v) is 13.4. The molecule has 0 fully saturated rings.